The maximum Gasteiger partial charge on any atom is 0.287 e. The van der Waals surface area contributed by atoms with Gasteiger partial charge in [0, 0.05) is 24.3 Å². The third kappa shape index (κ3) is 2.69. The highest BCUT2D eigenvalue weighted by Crippen LogP contribution is 2.11. The number of hydrogen-bond acceptors (Lipinski definition) is 3. The quantitative estimate of drug-likeness (QED) is 0.841. The molecule has 0 aromatic carbocycles. The van der Waals surface area contributed by atoms with E-state index in [2.05, 4.69) is 20.3 Å². The lowest BCUT2D eigenvalue weighted by Gasteiger charge is -2.12. The second kappa shape index (κ2) is 4.78. The SMILES string of the molecule is Cc1ccc(C(C)NC(=O)c2ncc[nH]2)cn1. The minimum absolute atomic E-state index is 0.0966. The molecule has 2 aromatic rings. The molecule has 0 saturated carbocycles. The molecule has 2 heterocycles. The van der Waals surface area contributed by atoms with Crippen molar-refractivity contribution in [3.63, 3.8) is 0 Å². The smallest absolute Gasteiger partial charge is 0.287 e. The van der Waals surface area contributed by atoms with Gasteiger partial charge in [-0.05, 0) is 25.5 Å². The number of aromatic nitrogens is 3. The Morgan fingerprint density at radius 3 is 2.82 bits per heavy atom. The summed E-state index contributed by atoms with van der Waals surface area (Å²) in [5, 5.41) is 2.85. The van der Waals surface area contributed by atoms with Crippen molar-refractivity contribution in [1.29, 1.82) is 0 Å². The number of nitrogens with zero attached hydrogens (tertiary/aromatic N) is 2. The minimum Gasteiger partial charge on any atom is -0.343 e. The summed E-state index contributed by atoms with van der Waals surface area (Å²) < 4.78 is 0. The molecule has 2 N–H and O–H groups in total. The molecule has 1 amide bonds. The van der Waals surface area contributed by atoms with Crippen LogP contribution in [0.5, 0.6) is 0 Å². The lowest BCUT2D eigenvalue weighted by molar-refractivity contribution is 0.0930. The van der Waals surface area contributed by atoms with Crippen molar-refractivity contribution in [3.05, 3.63) is 47.8 Å². The minimum atomic E-state index is -0.219. The van der Waals surface area contributed by atoms with E-state index >= 15 is 0 Å². The van der Waals surface area contributed by atoms with E-state index in [1.807, 2.05) is 26.0 Å². The maximum absolute atomic E-state index is 11.7. The molecule has 0 radical (unpaired) electrons. The molecular weight excluding hydrogens is 216 g/mol. The van der Waals surface area contributed by atoms with Crippen molar-refractivity contribution < 1.29 is 4.79 Å². The van der Waals surface area contributed by atoms with Gasteiger partial charge in [0.2, 0.25) is 0 Å². The first-order chi connectivity index (χ1) is 8.16. The Morgan fingerprint density at radius 1 is 1.41 bits per heavy atom. The zero-order chi connectivity index (χ0) is 12.3. The lowest BCUT2D eigenvalue weighted by atomic mass is 10.1. The Bertz CT molecular complexity index is 490. The van der Waals surface area contributed by atoms with Crippen LogP contribution < -0.4 is 5.32 Å². The fourth-order valence-corrected chi connectivity index (χ4v) is 1.47. The van der Waals surface area contributed by atoms with Crippen molar-refractivity contribution in [2.24, 2.45) is 0 Å². The number of carbonyl (C=O) groups excluding carboxylic acids is 1. The van der Waals surface area contributed by atoms with E-state index < -0.39 is 0 Å². The first-order valence-corrected chi connectivity index (χ1v) is 5.39. The zero-order valence-corrected chi connectivity index (χ0v) is 9.77. The van der Waals surface area contributed by atoms with E-state index in [1.54, 1.807) is 18.6 Å². The van der Waals surface area contributed by atoms with Crippen LogP contribution in [0.2, 0.25) is 0 Å². The van der Waals surface area contributed by atoms with E-state index in [4.69, 9.17) is 0 Å². The van der Waals surface area contributed by atoms with Gasteiger partial charge in [0.15, 0.2) is 5.82 Å². The Hall–Kier alpha value is -2.17. The van der Waals surface area contributed by atoms with E-state index in [0.29, 0.717) is 5.82 Å². The van der Waals surface area contributed by atoms with Crippen molar-refractivity contribution in [2.75, 3.05) is 0 Å². The first kappa shape index (κ1) is 11.3. The van der Waals surface area contributed by atoms with Gasteiger partial charge < -0.3 is 10.3 Å². The molecule has 0 saturated heterocycles. The molecule has 0 aliphatic carbocycles. The fourth-order valence-electron chi connectivity index (χ4n) is 1.47. The predicted molar refractivity (Wildman–Crippen MR) is 63.4 cm³/mol. The van der Waals surface area contributed by atoms with Crippen LogP contribution in [-0.2, 0) is 0 Å². The van der Waals surface area contributed by atoms with E-state index in [1.165, 1.54) is 0 Å². The molecule has 2 aromatic heterocycles. The molecule has 0 spiro atoms. The van der Waals surface area contributed by atoms with E-state index in [0.717, 1.165) is 11.3 Å². The van der Waals surface area contributed by atoms with Crippen LogP contribution in [0.25, 0.3) is 0 Å². The highest BCUT2D eigenvalue weighted by molar-refractivity contribution is 5.90. The van der Waals surface area contributed by atoms with Crippen LogP contribution >= 0.6 is 0 Å². The first-order valence-electron chi connectivity index (χ1n) is 5.39. The van der Waals surface area contributed by atoms with Gasteiger partial charge in [-0.2, -0.15) is 0 Å². The molecule has 0 aliphatic heterocycles. The second-order valence-electron chi connectivity index (χ2n) is 3.87. The Labute approximate surface area is 99.3 Å². The largest absolute Gasteiger partial charge is 0.343 e. The Kier molecular flexibility index (Phi) is 3.18. The molecule has 0 aliphatic rings. The number of H-pyrrole nitrogens is 1. The fraction of sp³-hybridized carbons (Fsp3) is 0.250. The summed E-state index contributed by atoms with van der Waals surface area (Å²) in [7, 11) is 0. The van der Waals surface area contributed by atoms with Crippen molar-refractivity contribution in [3.8, 4) is 0 Å². The summed E-state index contributed by atoms with van der Waals surface area (Å²) >= 11 is 0. The highest BCUT2D eigenvalue weighted by Gasteiger charge is 2.12. The average molecular weight is 230 g/mol. The molecule has 2 rings (SSSR count). The van der Waals surface area contributed by atoms with Crippen LogP contribution in [0.3, 0.4) is 0 Å². The third-order valence-electron chi connectivity index (χ3n) is 2.50. The van der Waals surface area contributed by atoms with Crippen LogP contribution in [0.1, 0.15) is 34.8 Å². The molecule has 88 valence electrons. The summed E-state index contributed by atoms with van der Waals surface area (Å²) in [6.07, 6.45) is 4.93. The average Bonchev–Trinajstić information content (AvgIpc) is 2.83. The second-order valence-corrected chi connectivity index (χ2v) is 3.87. The number of pyridine rings is 1. The number of nitrogens with one attached hydrogen (secondary N) is 2. The summed E-state index contributed by atoms with van der Waals surface area (Å²) in [5.74, 6) is 0.0972. The molecular formula is C12H14N4O. The van der Waals surface area contributed by atoms with Crippen LogP contribution in [0.4, 0.5) is 0 Å². The van der Waals surface area contributed by atoms with Gasteiger partial charge in [0.1, 0.15) is 0 Å². The molecule has 0 fully saturated rings. The van der Waals surface area contributed by atoms with Crippen LogP contribution in [0.15, 0.2) is 30.7 Å². The molecule has 0 bridgehead atoms. The van der Waals surface area contributed by atoms with Crippen molar-refractivity contribution in [1.82, 2.24) is 20.3 Å². The number of imidazole rings is 1. The van der Waals surface area contributed by atoms with E-state index in [-0.39, 0.29) is 11.9 Å². The highest BCUT2D eigenvalue weighted by atomic mass is 16.2. The van der Waals surface area contributed by atoms with Crippen LogP contribution in [-0.4, -0.2) is 20.9 Å². The number of carbonyl (C=O) groups is 1. The van der Waals surface area contributed by atoms with Gasteiger partial charge in [-0.1, -0.05) is 6.07 Å². The monoisotopic (exact) mass is 230 g/mol. The number of rotatable bonds is 3. The Morgan fingerprint density at radius 2 is 2.24 bits per heavy atom. The summed E-state index contributed by atoms with van der Waals surface area (Å²) in [5.41, 5.74) is 1.92. The van der Waals surface area contributed by atoms with Gasteiger partial charge in [-0.15, -0.1) is 0 Å². The van der Waals surface area contributed by atoms with Gasteiger partial charge in [-0.25, -0.2) is 4.98 Å². The van der Waals surface area contributed by atoms with Gasteiger partial charge in [-0.3, -0.25) is 9.78 Å². The molecule has 1 unspecified atom stereocenters. The molecule has 1 atom stereocenters. The van der Waals surface area contributed by atoms with Gasteiger partial charge in [0.25, 0.3) is 5.91 Å². The number of hydrogen-bond donors (Lipinski definition) is 2. The topological polar surface area (TPSA) is 70.7 Å². The van der Waals surface area contributed by atoms with Gasteiger partial charge in [0.05, 0.1) is 6.04 Å². The normalized spacial score (nSPS) is 12.1. The number of aromatic amines is 1. The van der Waals surface area contributed by atoms with E-state index in [9.17, 15) is 4.79 Å². The summed E-state index contributed by atoms with van der Waals surface area (Å²) in [4.78, 5) is 22.6. The Balaban J connectivity index is 2.04. The number of amides is 1. The predicted octanol–water partition coefficient (Wildman–Crippen LogP) is 1.60. The molecule has 17 heavy (non-hydrogen) atoms. The maximum atomic E-state index is 11.7. The lowest BCUT2D eigenvalue weighted by Crippen LogP contribution is -2.27. The summed E-state index contributed by atoms with van der Waals surface area (Å²) in [6.45, 7) is 3.84. The zero-order valence-electron chi connectivity index (χ0n) is 9.77. The van der Waals surface area contributed by atoms with Crippen molar-refractivity contribution in [2.45, 2.75) is 19.9 Å². The number of aryl methyl sites for hydroxylation is 1. The standard InChI is InChI=1S/C12H14N4O/c1-8-3-4-10(7-15-8)9(2)16-12(17)11-13-5-6-14-11/h3-7,9H,1-2H3,(H,13,14)(H,16,17). The van der Waals surface area contributed by atoms with Crippen molar-refractivity contribution >= 4 is 5.91 Å². The van der Waals surface area contributed by atoms with Crippen LogP contribution in [0, 0.1) is 6.92 Å². The molecule has 5 nitrogen and oxygen atoms in total. The molecule has 5 heteroatoms. The summed E-state index contributed by atoms with van der Waals surface area (Å²) in [6, 6.07) is 3.78. The van der Waals surface area contributed by atoms with Gasteiger partial charge >= 0.3 is 0 Å². The third-order valence-corrected chi connectivity index (χ3v) is 2.50.